The fourth-order valence-corrected chi connectivity index (χ4v) is 2.33. The van der Waals surface area contributed by atoms with Crippen LogP contribution in [0.15, 0.2) is 40.4 Å². The van der Waals surface area contributed by atoms with Gasteiger partial charge in [-0.3, -0.25) is 19.8 Å². The van der Waals surface area contributed by atoms with Crippen LogP contribution in [-0.2, 0) is 4.79 Å². The maximum Gasteiger partial charge on any atom is 0.328 e. The van der Waals surface area contributed by atoms with E-state index in [0.717, 1.165) is 10.5 Å². The van der Waals surface area contributed by atoms with Crippen molar-refractivity contribution in [3.8, 4) is 11.3 Å². The molecular weight excluding hydrogens is 314 g/mol. The summed E-state index contributed by atoms with van der Waals surface area (Å²) in [7, 11) is 1.37. The van der Waals surface area contributed by atoms with Gasteiger partial charge >= 0.3 is 6.03 Å². The Hall–Kier alpha value is -3.42. The van der Waals surface area contributed by atoms with Gasteiger partial charge in [0.15, 0.2) is 0 Å². The summed E-state index contributed by atoms with van der Waals surface area (Å²) >= 11 is 0. The minimum absolute atomic E-state index is 0.0354. The lowest BCUT2D eigenvalue weighted by Crippen LogP contribution is -2.25. The quantitative estimate of drug-likeness (QED) is 0.404. The molecule has 0 aliphatic carbocycles. The van der Waals surface area contributed by atoms with Gasteiger partial charge in [-0.05, 0) is 24.6 Å². The summed E-state index contributed by atoms with van der Waals surface area (Å²) in [6.45, 7) is 1.81. The number of imide groups is 1. The van der Waals surface area contributed by atoms with Gasteiger partial charge in [-0.1, -0.05) is 6.07 Å². The zero-order chi connectivity index (χ0) is 17.4. The molecule has 0 spiro atoms. The van der Waals surface area contributed by atoms with Crippen molar-refractivity contribution in [2.24, 2.45) is 0 Å². The largest absolute Gasteiger partial charge is 0.457 e. The molecule has 122 valence electrons. The Morgan fingerprint density at radius 1 is 1.25 bits per heavy atom. The minimum atomic E-state index is -0.507. The number of rotatable bonds is 3. The molecule has 2 heterocycles. The van der Waals surface area contributed by atoms with Crippen LogP contribution in [0.2, 0.25) is 0 Å². The van der Waals surface area contributed by atoms with Crippen LogP contribution in [0.5, 0.6) is 0 Å². The normalized spacial score (nSPS) is 15.9. The van der Waals surface area contributed by atoms with Crippen LogP contribution < -0.4 is 5.32 Å². The molecule has 3 rings (SSSR count). The first-order valence-electron chi connectivity index (χ1n) is 7.03. The van der Waals surface area contributed by atoms with Crippen molar-refractivity contribution >= 4 is 23.7 Å². The molecule has 1 saturated heterocycles. The number of carbonyl (C=O) groups is 2. The molecule has 1 aromatic heterocycles. The van der Waals surface area contributed by atoms with Gasteiger partial charge in [0, 0.05) is 30.8 Å². The predicted octanol–water partition coefficient (Wildman–Crippen LogP) is 2.69. The molecule has 0 unspecified atom stereocenters. The number of likely N-dealkylation sites (N-methyl/N-ethyl adjacent to an activating group) is 1. The van der Waals surface area contributed by atoms with Crippen LogP contribution in [0.4, 0.5) is 10.5 Å². The molecule has 1 aliphatic heterocycles. The van der Waals surface area contributed by atoms with Gasteiger partial charge in [-0.25, -0.2) is 4.79 Å². The highest BCUT2D eigenvalue weighted by Crippen LogP contribution is 2.29. The Kier molecular flexibility index (Phi) is 3.64. The molecule has 0 saturated carbocycles. The Morgan fingerprint density at radius 2 is 2.00 bits per heavy atom. The van der Waals surface area contributed by atoms with E-state index in [2.05, 4.69) is 5.32 Å². The van der Waals surface area contributed by atoms with Crippen molar-refractivity contribution in [1.29, 1.82) is 0 Å². The van der Waals surface area contributed by atoms with E-state index in [1.165, 1.54) is 25.3 Å². The number of benzene rings is 1. The summed E-state index contributed by atoms with van der Waals surface area (Å²) in [5, 5.41) is 13.3. The highest BCUT2D eigenvalue weighted by molar-refractivity contribution is 6.13. The number of nitrogens with zero attached hydrogens (tertiary/aromatic N) is 2. The number of furan rings is 1. The van der Waals surface area contributed by atoms with Gasteiger partial charge in [0.2, 0.25) is 0 Å². The number of nitro benzene ring substituents is 1. The van der Waals surface area contributed by atoms with Crippen LogP contribution in [0.25, 0.3) is 17.4 Å². The molecule has 8 heteroatoms. The number of hydrogen-bond acceptors (Lipinski definition) is 5. The number of non-ortho nitro benzene ring substituents is 1. The maximum absolute atomic E-state index is 11.8. The van der Waals surface area contributed by atoms with E-state index in [-0.39, 0.29) is 11.4 Å². The molecule has 1 fully saturated rings. The molecule has 1 aliphatic rings. The van der Waals surface area contributed by atoms with E-state index in [0.29, 0.717) is 17.1 Å². The Balaban J connectivity index is 1.95. The summed E-state index contributed by atoms with van der Waals surface area (Å²) in [5.74, 6) is 0.340. The zero-order valence-corrected chi connectivity index (χ0v) is 12.9. The topological polar surface area (TPSA) is 106 Å². The lowest BCUT2D eigenvalue weighted by atomic mass is 10.1. The van der Waals surface area contributed by atoms with E-state index >= 15 is 0 Å². The fourth-order valence-electron chi connectivity index (χ4n) is 2.33. The van der Waals surface area contributed by atoms with Gasteiger partial charge in [-0.15, -0.1) is 0 Å². The molecule has 3 amide bonds. The number of carbonyl (C=O) groups excluding carboxylic acids is 2. The lowest BCUT2D eigenvalue weighted by Gasteiger charge is -2.02. The Morgan fingerprint density at radius 3 is 2.62 bits per heavy atom. The second-order valence-corrected chi connectivity index (χ2v) is 5.31. The molecule has 2 aromatic rings. The highest BCUT2D eigenvalue weighted by Gasteiger charge is 2.30. The molecule has 0 bridgehead atoms. The number of urea groups is 1. The van der Waals surface area contributed by atoms with Gasteiger partial charge in [0.1, 0.15) is 17.2 Å². The van der Waals surface area contributed by atoms with E-state index in [1.807, 2.05) is 6.92 Å². The third-order valence-corrected chi connectivity index (χ3v) is 3.69. The van der Waals surface area contributed by atoms with Crippen molar-refractivity contribution in [3.63, 3.8) is 0 Å². The minimum Gasteiger partial charge on any atom is -0.457 e. The van der Waals surface area contributed by atoms with Gasteiger partial charge in [-0.2, -0.15) is 0 Å². The molecule has 1 aromatic carbocycles. The first-order valence-corrected chi connectivity index (χ1v) is 7.03. The smallest absolute Gasteiger partial charge is 0.328 e. The Labute approximate surface area is 136 Å². The highest BCUT2D eigenvalue weighted by atomic mass is 16.6. The summed E-state index contributed by atoms with van der Waals surface area (Å²) in [5.41, 5.74) is 1.48. The van der Waals surface area contributed by atoms with E-state index in [1.54, 1.807) is 18.2 Å². The van der Waals surface area contributed by atoms with Gasteiger partial charge in [0.25, 0.3) is 11.6 Å². The van der Waals surface area contributed by atoms with Gasteiger partial charge in [0.05, 0.1) is 4.92 Å². The van der Waals surface area contributed by atoms with Crippen LogP contribution in [0.3, 0.4) is 0 Å². The van der Waals surface area contributed by atoms with Gasteiger partial charge < -0.3 is 9.73 Å². The molecule has 0 atom stereocenters. The first kappa shape index (κ1) is 15.5. The van der Waals surface area contributed by atoms with E-state index < -0.39 is 16.9 Å². The molecule has 0 radical (unpaired) electrons. The molecule has 1 N–H and O–H groups in total. The fraction of sp³-hybridized carbons (Fsp3) is 0.125. The summed E-state index contributed by atoms with van der Waals surface area (Å²) < 4.78 is 5.64. The van der Waals surface area contributed by atoms with Crippen molar-refractivity contribution in [1.82, 2.24) is 10.2 Å². The van der Waals surface area contributed by atoms with Crippen molar-refractivity contribution in [2.45, 2.75) is 6.92 Å². The number of hydrogen-bond donors (Lipinski definition) is 1. The molecular formula is C16H13N3O5. The lowest BCUT2D eigenvalue weighted by molar-refractivity contribution is -0.384. The van der Waals surface area contributed by atoms with Crippen LogP contribution >= 0.6 is 0 Å². The zero-order valence-electron chi connectivity index (χ0n) is 12.9. The summed E-state index contributed by atoms with van der Waals surface area (Å²) in [6.07, 6.45) is 1.42. The number of aryl methyl sites for hydroxylation is 1. The van der Waals surface area contributed by atoms with Crippen molar-refractivity contribution < 1.29 is 18.9 Å². The van der Waals surface area contributed by atoms with Crippen LogP contribution in [0, 0.1) is 17.0 Å². The van der Waals surface area contributed by atoms with Crippen LogP contribution in [-0.4, -0.2) is 28.8 Å². The predicted molar refractivity (Wildman–Crippen MR) is 84.8 cm³/mol. The van der Waals surface area contributed by atoms with E-state index in [9.17, 15) is 19.7 Å². The maximum atomic E-state index is 11.8. The standard InChI is InChI=1S/C16H13N3O5/c1-9-3-4-10(19(22)23)7-12(9)14-6-5-11(24-14)8-13-15(20)18(2)16(21)17-13/h3-8H,1-2H3,(H,17,21)/b13-8+. The second-order valence-electron chi connectivity index (χ2n) is 5.31. The average molecular weight is 327 g/mol. The first-order chi connectivity index (χ1) is 11.4. The molecule has 8 nitrogen and oxygen atoms in total. The Bertz CT molecular complexity index is 897. The SMILES string of the molecule is Cc1ccc([N+](=O)[O-])cc1-c1ccc(/C=C2/NC(=O)N(C)C2=O)o1. The van der Waals surface area contributed by atoms with E-state index in [4.69, 9.17) is 4.42 Å². The third-order valence-electron chi connectivity index (χ3n) is 3.69. The third kappa shape index (κ3) is 2.65. The number of nitrogens with one attached hydrogen (secondary N) is 1. The average Bonchev–Trinajstić information content (AvgIpc) is 3.09. The number of amides is 3. The monoisotopic (exact) mass is 327 g/mol. The summed E-state index contributed by atoms with van der Waals surface area (Å²) in [4.78, 5) is 34.6. The molecule has 24 heavy (non-hydrogen) atoms. The summed E-state index contributed by atoms with van der Waals surface area (Å²) in [6, 6.07) is 7.27. The number of nitro groups is 1. The van der Waals surface area contributed by atoms with Crippen molar-refractivity contribution in [3.05, 3.63) is 57.5 Å². The van der Waals surface area contributed by atoms with Crippen molar-refractivity contribution in [2.75, 3.05) is 7.05 Å². The van der Waals surface area contributed by atoms with Crippen LogP contribution in [0.1, 0.15) is 11.3 Å². The second kappa shape index (κ2) is 5.65.